The van der Waals surface area contributed by atoms with Gasteiger partial charge in [-0.2, -0.15) is 0 Å². The zero-order valence-corrected chi connectivity index (χ0v) is 8.73. The van der Waals surface area contributed by atoms with Crippen molar-refractivity contribution in [1.29, 1.82) is 0 Å². The zero-order chi connectivity index (χ0) is 11.4. The standard InChI is InChI=1S/C11H14O4/c1-7-3-4-9(12)8(5-7)10(13)6-11(14)15-2/h3-5,10,12-13H,6H2,1-2H3/t10-/m0/s1. The molecule has 0 unspecified atom stereocenters. The lowest BCUT2D eigenvalue weighted by molar-refractivity contribution is -0.142. The fourth-order valence-electron chi connectivity index (χ4n) is 1.29. The van der Waals surface area contributed by atoms with E-state index in [1.807, 2.05) is 6.92 Å². The van der Waals surface area contributed by atoms with Crippen molar-refractivity contribution < 1.29 is 19.7 Å². The first-order chi connectivity index (χ1) is 7.04. The van der Waals surface area contributed by atoms with Gasteiger partial charge in [0.1, 0.15) is 5.75 Å². The number of aliphatic hydroxyl groups is 1. The summed E-state index contributed by atoms with van der Waals surface area (Å²) in [5.74, 6) is -0.527. The second-order valence-corrected chi connectivity index (χ2v) is 3.36. The summed E-state index contributed by atoms with van der Waals surface area (Å²) >= 11 is 0. The Bertz CT molecular complexity index is 360. The van der Waals surface area contributed by atoms with E-state index < -0.39 is 12.1 Å². The number of ether oxygens (including phenoxy) is 1. The maximum Gasteiger partial charge on any atom is 0.308 e. The fraction of sp³-hybridized carbons (Fsp3) is 0.364. The number of esters is 1. The summed E-state index contributed by atoms with van der Waals surface area (Å²) in [6, 6.07) is 4.86. The first-order valence-corrected chi connectivity index (χ1v) is 4.59. The van der Waals surface area contributed by atoms with Crippen molar-refractivity contribution in [3.05, 3.63) is 29.3 Å². The van der Waals surface area contributed by atoms with Crippen LogP contribution in [-0.2, 0) is 9.53 Å². The van der Waals surface area contributed by atoms with E-state index in [0.717, 1.165) is 5.56 Å². The Hall–Kier alpha value is -1.55. The summed E-state index contributed by atoms with van der Waals surface area (Å²) in [6.45, 7) is 1.84. The van der Waals surface area contributed by atoms with Crippen molar-refractivity contribution in [2.45, 2.75) is 19.4 Å². The van der Waals surface area contributed by atoms with Crippen molar-refractivity contribution in [2.24, 2.45) is 0 Å². The largest absolute Gasteiger partial charge is 0.508 e. The molecular formula is C11H14O4. The molecule has 0 heterocycles. The number of aliphatic hydroxyl groups excluding tert-OH is 1. The molecule has 0 fully saturated rings. The second-order valence-electron chi connectivity index (χ2n) is 3.36. The van der Waals surface area contributed by atoms with Gasteiger partial charge >= 0.3 is 5.97 Å². The van der Waals surface area contributed by atoms with E-state index in [1.165, 1.54) is 13.2 Å². The summed E-state index contributed by atoms with van der Waals surface area (Å²) in [6.07, 6.45) is -1.19. The number of hydrogen-bond donors (Lipinski definition) is 2. The highest BCUT2D eigenvalue weighted by Crippen LogP contribution is 2.27. The van der Waals surface area contributed by atoms with Crippen LogP contribution in [0.2, 0.25) is 0 Å². The summed E-state index contributed by atoms with van der Waals surface area (Å²) in [7, 11) is 1.26. The van der Waals surface area contributed by atoms with Gasteiger partial charge in [-0.05, 0) is 19.1 Å². The van der Waals surface area contributed by atoms with Crippen LogP contribution >= 0.6 is 0 Å². The van der Waals surface area contributed by atoms with Crippen molar-refractivity contribution in [3.63, 3.8) is 0 Å². The first-order valence-electron chi connectivity index (χ1n) is 4.59. The summed E-state index contributed by atoms with van der Waals surface area (Å²) in [4.78, 5) is 10.9. The molecule has 0 aromatic heterocycles. The van der Waals surface area contributed by atoms with E-state index in [9.17, 15) is 15.0 Å². The number of hydrogen-bond acceptors (Lipinski definition) is 4. The monoisotopic (exact) mass is 210 g/mol. The van der Waals surface area contributed by atoms with Gasteiger partial charge in [0.15, 0.2) is 0 Å². The average Bonchev–Trinajstić information content (AvgIpc) is 2.21. The van der Waals surface area contributed by atoms with Gasteiger partial charge in [-0.25, -0.2) is 0 Å². The van der Waals surface area contributed by atoms with Crippen LogP contribution in [0.25, 0.3) is 0 Å². The van der Waals surface area contributed by atoms with Crippen LogP contribution in [0.3, 0.4) is 0 Å². The molecule has 4 nitrogen and oxygen atoms in total. The summed E-state index contributed by atoms with van der Waals surface area (Å²) in [5.41, 5.74) is 1.26. The molecule has 0 spiro atoms. The molecule has 0 bridgehead atoms. The molecule has 15 heavy (non-hydrogen) atoms. The highest BCUT2D eigenvalue weighted by atomic mass is 16.5. The third-order valence-corrected chi connectivity index (χ3v) is 2.13. The van der Waals surface area contributed by atoms with Gasteiger partial charge in [0.25, 0.3) is 0 Å². The van der Waals surface area contributed by atoms with Gasteiger partial charge in [-0.15, -0.1) is 0 Å². The van der Waals surface area contributed by atoms with Gasteiger partial charge in [0.2, 0.25) is 0 Å². The fourth-order valence-corrected chi connectivity index (χ4v) is 1.29. The molecule has 0 amide bonds. The number of carbonyl (C=O) groups excluding carboxylic acids is 1. The maximum absolute atomic E-state index is 10.9. The Labute approximate surface area is 88.1 Å². The van der Waals surface area contributed by atoms with E-state index >= 15 is 0 Å². The molecule has 4 heteroatoms. The van der Waals surface area contributed by atoms with Crippen molar-refractivity contribution >= 4 is 5.97 Å². The SMILES string of the molecule is COC(=O)C[C@H](O)c1cc(C)ccc1O. The lowest BCUT2D eigenvalue weighted by Gasteiger charge is -2.11. The molecule has 2 N–H and O–H groups in total. The van der Waals surface area contributed by atoms with Gasteiger partial charge in [-0.3, -0.25) is 4.79 Å². The topological polar surface area (TPSA) is 66.8 Å². The normalized spacial score (nSPS) is 12.2. The molecule has 82 valence electrons. The highest BCUT2D eigenvalue weighted by Gasteiger charge is 2.16. The quantitative estimate of drug-likeness (QED) is 0.738. The number of carbonyl (C=O) groups is 1. The lowest BCUT2D eigenvalue weighted by Crippen LogP contribution is -2.08. The molecule has 0 saturated heterocycles. The van der Waals surface area contributed by atoms with Gasteiger partial charge in [0, 0.05) is 5.56 Å². The molecule has 1 atom stereocenters. The molecule has 0 aliphatic rings. The number of methoxy groups -OCH3 is 1. The van der Waals surface area contributed by atoms with Crippen LogP contribution in [0.1, 0.15) is 23.7 Å². The van der Waals surface area contributed by atoms with E-state index in [-0.39, 0.29) is 12.2 Å². The minimum Gasteiger partial charge on any atom is -0.508 e. The van der Waals surface area contributed by atoms with Crippen LogP contribution in [0.5, 0.6) is 5.75 Å². The predicted octanol–water partition coefficient (Wildman–Crippen LogP) is 1.30. The molecule has 0 aliphatic heterocycles. The number of phenols is 1. The van der Waals surface area contributed by atoms with E-state index in [1.54, 1.807) is 12.1 Å². The van der Waals surface area contributed by atoms with Crippen LogP contribution in [0.15, 0.2) is 18.2 Å². The first kappa shape index (κ1) is 11.5. The Balaban J connectivity index is 2.85. The van der Waals surface area contributed by atoms with Crippen molar-refractivity contribution in [3.8, 4) is 5.75 Å². The van der Waals surface area contributed by atoms with Crippen molar-refractivity contribution in [1.82, 2.24) is 0 Å². The van der Waals surface area contributed by atoms with E-state index in [2.05, 4.69) is 4.74 Å². The third kappa shape index (κ3) is 2.95. The molecular weight excluding hydrogens is 196 g/mol. The van der Waals surface area contributed by atoms with E-state index in [4.69, 9.17) is 0 Å². The number of aromatic hydroxyl groups is 1. The summed E-state index contributed by atoms with van der Waals surface area (Å²) in [5, 5.41) is 19.1. The second kappa shape index (κ2) is 4.79. The van der Waals surface area contributed by atoms with Crippen LogP contribution in [0.4, 0.5) is 0 Å². The molecule has 1 rings (SSSR count). The molecule has 1 aromatic rings. The molecule has 0 radical (unpaired) electrons. The number of benzene rings is 1. The third-order valence-electron chi connectivity index (χ3n) is 2.13. The Morgan fingerprint density at radius 2 is 2.20 bits per heavy atom. The number of rotatable bonds is 3. The molecule has 1 aromatic carbocycles. The van der Waals surface area contributed by atoms with E-state index in [0.29, 0.717) is 5.56 Å². The average molecular weight is 210 g/mol. The van der Waals surface area contributed by atoms with Gasteiger partial charge < -0.3 is 14.9 Å². The molecule has 0 aliphatic carbocycles. The maximum atomic E-state index is 10.9. The highest BCUT2D eigenvalue weighted by molar-refractivity contribution is 5.70. The number of phenolic OH excluding ortho intramolecular Hbond substituents is 1. The van der Waals surface area contributed by atoms with Crippen LogP contribution in [-0.4, -0.2) is 23.3 Å². The minimum absolute atomic E-state index is 0.0167. The Morgan fingerprint density at radius 3 is 2.80 bits per heavy atom. The van der Waals surface area contributed by atoms with Gasteiger partial charge in [-0.1, -0.05) is 11.6 Å². The zero-order valence-electron chi connectivity index (χ0n) is 8.73. The predicted molar refractivity (Wildman–Crippen MR) is 54.4 cm³/mol. The Morgan fingerprint density at radius 1 is 1.53 bits per heavy atom. The Kier molecular flexibility index (Phi) is 3.68. The van der Waals surface area contributed by atoms with Crippen LogP contribution in [0, 0.1) is 6.92 Å². The smallest absolute Gasteiger partial charge is 0.308 e. The van der Waals surface area contributed by atoms with Crippen LogP contribution < -0.4 is 0 Å². The number of aryl methyl sites for hydroxylation is 1. The van der Waals surface area contributed by atoms with Gasteiger partial charge in [0.05, 0.1) is 19.6 Å². The minimum atomic E-state index is -1.03. The van der Waals surface area contributed by atoms with Crippen molar-refractivity contribution in [2.75, 3.05) is 7.11 Å². The summed E-state index contributed by atoms with van der Waals surface area (Å²) < 4.78 is 4.43. The lowest BCUT2D eigenvalue weighted by atomic mass is 10.0. The molecule has 0 saturated carbocycles.